The molecule has 0 saturated carbocycles. The lowest BCUT2D eigenvalue weighted by atomic mass is 10.5. The first-order chi connectivity index (χ1) is 7.06. The van der Waals surface area contributed by atoms with Crippen LogP contribution >= 0.6 is 34.8 Å². The van der Waals surface area contributed by atoms with Crippen LogP contribution in [0.15, 0.2) is 6.20 Å². The Morgan fingerprint density at radius 1 is 1.40 bits per heavy atom. The molecule has 4 nitrogen and oxygen atoms in total. The second kappa shape index (κ2) is 5.39. The van der Waals surface area contributed by atoms with Gasteiger partial charge in [-0.3, -0.25) is 0 Å². The fourth-order valence-electron chi connectivity index (χ4n) is 0.714. The Bertz CT molecular complexity index is 384. The molecule has 82 valence electrons. The fourth-order valence-corrected chi connectivity index (χ4v) is 1.24. The van der Waals surface area contributed by atoms with E-state index < -0.39 is 5.97 Å². The zero-order valence-electron chi connectivity index (χ0n) is 7.59. The second-order valence-electron chi connectivity index (χ2n) is 2.40. The minimum Gasteiger partial charge on any atom is -0.466 e. The Morgan fingerprint density at radius 3 is 2.67 bits per heavy atom. The molecule has 1 rings (SSSR count). The molecule has 0 aliphatic carbocycles. The normalized spacial score (nSPS) is 9.87. The van der Waals surface area contributed by atoms with Crippen LogP contribution in [-0.4, -0.2) is 24.7 Å². The minimum absolute atomic E-state index is 0.0384. The summed E-state index contributed by atoms with van der Waals surface area (Å²) < 4.78 is 9.34. The highest BCUT2D eigenvalue weighted by molar-refractivity contribution is 6.48. The number of ether oxygens (including phenoxy) is 2. The van der Waals surface area contributed by atoms with Gasteiger partial charge in [0.05, 0.1) is 23.4 Å². The molecule has 1 aromatic heterocycles. The number of methoxy groups -OCH3 is 1. The van der Waals surface area contributed by atoms with Crippen LogP contribution in [0.3, 0.4) is 0 Å². The third-order valence-electron chi connectivity index (χ3n) is 1.44. The smallest absolute Gasteiger partial charge is 0.343 e. The van der Waals surface area contributed by atoms with E-state index in [-0.39, 0.29) is 27.6 Å². The van der Waals surface area contributed by atoms with Crippen molar-refractivity contribution in [3.63, 3.8) is 0 Å². The summed E-state index contributed by atoms with van der Waals surface area (Å²) >= 11 is 17.2. The number of halogens is 3. The van der Waals surface area contributed by atoms with Crippen molar-refractivity contribution in [1.82, 2.24) is 4.98 Å². The van der Waals surface area contributed by atoms with Crippen LogP contribution < -0.4 is 4.74 Å². The average Bonchev–Trinajstić information content (AvgIpc) is 2.24. The highest BCUT2D eigenvalue weighted by Gasteiger charge is 2.12. The van der Waals surface area contributed by atoms with Crippen molar-refractivity contribution in [2.24, 2.45) is 0 Å². The van der Waals surface area contributed by atoms with Gasteiger partial charge in [0.1, 0.15) is 5.02 Å². The Morgan fingerprint density at radius 2 is 2.07 bits per heavy atom. The van der Waals surface area contributed by atoms with Gasteiger partial charge in [-0.05, 0) is 0 Å². The number of hydrogen-bond acceptors (Lipinski definition) is 4. The van der Waals surface area contributed by atoms with Crippen LogP contribution in [-0.2, 0) is 9.53 Å². The molecule has 0 amide bonds. The number of esters is 1. The molecule has 0 aliphatic heterocycles. The van der Waals surface area contributed by atoms with Gasteiger partial charge in [0.2, 0.25) is 5.88 Å². The third-order valence-corrected chi connectivity index (χ3v) is 2.66. The first-order valence-electron chi connectivity index (χ1n) is 3.75. The van der Waals surface area contributed by atoms with Gasteiger partial charge in [-0.15, -0.1) is 0 Å². The van der Waals surface area contributed by atoms with Crippen LogP contribution in [0, 0.1) is 0 Å². The topological polar surface area (TPSA) is 48.4 Å². The van der Waals surface area contributed by atoms with Crippen LogP contribution in [0.25, 0.3) is 0 Å². The Balaban J connectivity index is 2.78. The first kappa shape index (κ1) is 12.4. The maximum atomic E-state index is 10.8. The summed E-state index contributed by atoms with van der Waals surface area (Å²) in [6, 6.07) is 0. The summed E-state index contributed by atoms with van der Waals surface area (Å²) in [5.74, 6) is -0.504. The molecule has 0 aromatic carbocycles. The number of aromatic nitrogens is 1. The lowest BCUT2D eigenvalue weighted by Crippen LogP contribution is -2.13. The van der Waals surface area contributed by atoms with Gasteiger partial charge in [-0.2, -0.15) is 0 Å². The molecule has 1 heterocycles. The maximum Gasteiger partial charge on any atom is 0.343 e. The van der Waals surface area contributed by atoms with E-state index in [4.69, 9.17) is 39.5 Å². The van der Waals surface area contributed by atoms with Crippen molar-refractivity contribution in [3.05, 3.63) is 21.3 Å². The molecule has 0 saturated heterocycles. The number of carbonyl (C=O) groups is 1. The van der Waals surface area contributed by atoms with E-state index >= 15 is 0 Å². The van der Waals surface area contributed by atoms with Gasteiger partial charge in [-0.1, -0.05) is 34.8 Å². The highest BCUT2D eigenvalue weighted by atomic mass is 35.5. The van der Waals surface area contributed by atoms with E-state index in [0.717, 1.165) is 0 Å². The van der Waals surface area contributed by atoms with Crippen molar-refractivity contribution in [1.29, 1.82) is 0 Å². The molecule has 0 N–H and O–H groups in total. The summed E-state index contributed by atoms with van der Waals surface area (Å²) in [5, 5.41) is 0.411. The van der Waals surface area contributed by atoms with Crippen LogP contribution in [0.2, 0.25) is 15.1 Å². The quantitative estimate of drug-likeness (QED) is 0.792. The SMILES string of the molecule is COC(=O)COc1ncc(Cl)c(Cl)c1Cl. The van der Waals surface area contributed by atoms with E-state index in [1.165, 1.54) is 13.3 Å². The van der Waals surface area contributed by atoms with Crippen LogP contribution in [0.4, 0.5) is 0 Å². The lowest BCUT2D eigenvalue weighted by molar-refractivity contribution is -0.143. The third kappa shape index (κ3) is 3.12. The zero-order chi connectivity index (χ0) is 11.4. The molecular weight excluding hydrogens is 264 g/mol. The number of rotatable bonds is 3. The molecule has 0 aliphatic rings. The maximum absolute atomic E-state index is 10.8. The number of pyridine rings is 1. The number of carbonyl (C=O) groups excluding carboxylic acids is 1. The minimum atomic E-state index is -0.543. The summed E-state index contributed by atoms with van der Waals surface area (Å²) in [5.41, 5.74) is 0. The van der Waals surface area contributed by atoms with Gasteiger partial charge in [0, 0.05) is 0 Å². The number of hydrogen-bond donors (Lipinski definition) is 0. The molecule has 15 heavy (non-hydrogen) atoms. The predicted molar refractivity (Wildman–Crippen MR) is 56.8 cm³/mol. The molecular formula is C8H6Cl3NO3. The molecule has 7 heteroatoms. The Kier molecular flexibility index (Phi) is 4.45. The van der Waals surface area contributed by atoms with Crippen molar-refractivity contribution >= 4 is 40.8 Å². The highest BCUT2D eigenvalue weighted by Crippen LogP contribution is 2.34. The van der Waals surface area contributed by atoms with Crippen molar-refractivity contribution in [2.75, 3.05) is 13.7 Å². The molecule has 0 spiro atoms. The summed E-state index contributed by atoms with van der Waals surface area (Å²) in [7, 11) is 1.25. The van der Waals surface area contributed by atoms with Crippen molar-refractivity contribution in [2.45, 2.75) is 0 Å². The Hall–Kier alpha value is -0.710. The monoisotopic (exact) mass is 269 g/mol. The molecule has 0 bridgehead atoms. The molecule has 0 fully saturated rings. The van der Waals surface area contributed by atoms with Crippen LogP contribution in [0.1, 0.15) is 0 Å². The molecule has 1 aromatic rings. The van der Waals surface area contributed by atoms with Crippen LogP contribution in [0.5, 0.6) is 5.88 Å². The molecule has 0 radical (unpaired) electrons. The van der Waals surface area contributed by atoms with Gasteiger partial charge < -0.3 is 9.47 Å². The van der Waals surface area contributed by atoms with Crippen molar-refractivity contribution in [3.8, 4) is 5.88 Å². The standard InChI is InChI=1S/C8H6Cl3NO3/c1-14-5(13)3-15-8-7(11)6(10)4(9)2-12-8/h2H,3H2,1H3. The lowest BCUT2D eigenvalue weighted by Gasteiger charge is -2.06. The van der Waals surface area contributed by atoms with Gasteiger partial charge in [0.25, 0.3) is 0 Å². The van der Waals surface area contributed by atoms with E-state index in [2.05, 4.69) is 9.72 Å². The van der Waals surface area contributed by atoms with Gasteiger partial charge in [0.15, 0.2) is 6.61 Å². The zero-order valence-corrected chi connectivity index (χ0v) is 9.86. The van der Waals surface area contributed by atoms with E-state index in [9.17, 15) is 4.79 Å². The van der Waals surface area contributed by atoms with E-state index in [0.29, 0.717) is 0 Å². The fraction of sp³-hybridized carbons (Fsp3) is 0.250. The van der Waals surface area contributed by atoms with Crippen molar-refractivity contribution < 1.29 is 14.3 Å². The Labute approximate surface area is 101 Å². The van der Waals surface area contributed by atoms with E-state index in [1.54, 1.807) is 0 Å². The van der Waals surface area contributed by atoms with Gasteiger partial charge in [-0.25, -0.2) is 9.78 Å². The molecule has 0 atom stereocenters. The molecule has 0 unspecified atom stereocenters. The largest absolute Gasteiger partial charge is 0.466 e. The summed E-state index contributed by atoms with van der Waals surface area (Å²) in [6.45, 7) is -0.290. The number of nitrogens with zero attached hydrogens (tertiary/aromatic N) is 1. The van der Waals surface area contributed by atoms with Gasteiger partial charge >= 0.3 is 5.97 Å². The first-order valence-corrected chi connectivity index (χ1v) is 4.88. The summed E-state index contributed by atoms with van der Waals surface area (Å²) in [6.07, 6.45) is 1.28. The summed E-state index contributed by atoms with van der Waals surface area (Å²) in [4.78, 5) is 14.5. The predicted octanol–water partition coefficient (Wildman–Crippen LogP) is 2.59. The second-order valence-corrected chi connectivity index (χ2v) is 3.57. The van der Waals surface area contributed by atoms with E-state index in [1.807, 2.05) is 0 Å². The average molecular weight is 270 g/mol.